The van der Waals surface area contributed by atoms with Crippen molar-refractivity contribution in [2.75, 3.05) is 25.0 Å². The fraction of sp³-hybridized carbons (Fsp3) is 0.308. The van der Waals surface area contributed by atoms with Gasteiger partial charge >= 0.3 is 12.1 Å². The van der Waals surface area contributed by atoms with E-state index < -0.39 is 18.8 Å². The number of anilines is 1. The van der Waals surface area contributed by atoms with E-state index in [0.717, 1.165) is 41.6 Å². The van der Waals surface area contributed by atoms with E-state index in [4.69, 9.17) is 4.74 Å². The SMILES string of the molecule is Cc1cc(OCC(F)(F)F)ccc1-c1ccc2c(c1)CCCN[C@H]2CNc1cnccc1C(=O)O. The Morgan fingerprint density at radius 3 is 2.80 bits per heavy atom. The number of aromatic carboxylic acids is 1. The van der Waals surface area contributed by atoms with Gasteiger partial charge in [-0.1, -0.05) is 24.3 Å². The summed E-state index contributed by atoms with van der Waals surface area (Å²) in [6.45, 7) is 1.84. The number of alkyl halides is 3. The summed E-state index contributed by atoms with van der Waals surface area (Å²) in [6.07, 6.45) is 0.409. The molecule has 0 unspecified atom stereocenters. The molecule has 0 amide bonds. The zero-order valence-corrected chi connectivity index (χ0v) is 19.2. The number of carboxylic acids is 1. The van der Waals surface area contributed by atoms with Crippen molar-refractivity contribution < 1.29 is 27.8 Å². The maximum absolute atomic E-state index is 12.5. The summed E-state index contributed by atoms with van der Waals surface area (Å²) < 4.78 is 42.2. The lowest BCUT2D eigenvalue weighted by molar-refractivity contribution is -0.153. The maximum atomic E-state index is 12.5. The molecule has 0 saturated heterocycles. The van der Waals surface area contributed by atoms with Crippen LogP contribution in [0.15, 0.2) is 54.9 Å². The first-order valence-corrected chi connectivity index (χ1v) is 11.3. The van der Waals surface area contributed by atoms with E-state index in [1.165, 1.54) is 24.0 Å². The standard InChI is InChI=1S/C26H26F3N3O3/c1-16-11-19(35-15-26(27,28)29)5-7-20(16)18-4-6-21-17(12-18)3-2-9-31-24(21)14-32-23-13-30-10-8-22(23)25(33)34/h4-8,10-13,24,31-32H,2-3,9,14-15H2,1H3,(H,33,34)/t24-/m0/s1. The Balaban J connectivity index is 1.54. The molecule has 1 aliphatic heterocycles. The lowest BCUT2D eigenvalue weighted by Crippen LogP contribution is -2.28. The van der Waals surface area contributed by atoms with Crippen molar-refractivity contribution in [1.82, 2.24) is 10.3 Å². The lowest BCUT2D eigenvalue weighted by Gasteiger charge is -2.21. The summed E-state index contributed by atoms with van der Waals surface area (Å²) in [5.74, 6) is -0.830. The minimum atomic E-state index is -4.38. The van der Waals surface area contributed by atoms with Crippen LogP contribution in [-0.2, 0) is 6.42 Å². The molecule has 0 aliphatic carbocycles. The van der Waals surface area contributed by atoms with Gasteiger partial charge in [0.2, 0.25) is 0 Å². The van der Waals surface area contributed by atoms with Crippen molar-refractivity contribution in [3.8, 4) is 16.9 Å². The number of pyridine rings is 1. The molecule has 35 heavy (non-hydrogen) atoms. The van der Waals surface area contributed by atoms with E-state index >= 15 is 0 Å². The van der Waals surface area contributed by atoms with E-state index in [1.54, 1.807) is 18.2 Å². The molecule has 2 heterocycles. The Morgan fingerprint density at radius 2 is 2.06 bits per heavy atom. The van der Waals surface area contributed by atoms with E-state index in [9.17, 15) is 23.1 Å². The summed E-state index contributed by atoms with van der Waals surface area (Å²) >= 11 is 0. The minimum absolute atomic E-state index is 0.0253. The predicted molar refractivity (Wildman–Crippen MR) is 127 cm³/mol. The Kier molecular flexibility index (Phi) is 7.25. The first-order chi connectivity index (χ1) is 16.7. The van der Waals surface area contributed by atoms with Gasteiger partial charge in [0.25, 0.3) is 0 Å². The predicted octanol–water partition coefficient (Wildman–Crippen LogP) is 5.39. The lowest BCUT2D eigenvalue weighted by atomic mass is 9.92. The summed E-state index contributed by atoms with van der Waals surface area (Å²) in [7, 11) is 0. The number of carbonyl (C=O) groups is 1. The van der Waals surface area contributed by atoms with Crippen molar-refractivity contribution in [2.45, 2.75) is 32.0 Å². The van der Waals surface area contributed by atoms with Crippen LogP contribution in [0.3, 0.4) is 0 Å². The van der Waals surface area contributed by atoms with E-state index in [-0.39, 0.29) is 17.4 Å². The molecule has 0 radical (unpaired) electrons. The third-order valence-corrected chi connectivity index (χ3v) is 5.99. The highest BCUT2D eigenvalue weighted by Gasteiger charge is 2.28. The maximum Gasteiger partial charge on any atom is 0.422 e. The van der Waals surface area contributed by atoms with Crippen LogP contribution in [-0.4, -0.2) is 41.9 Å². The third kappa shape index (κ3) is 6.10. The van der Waals surface area contributed by atoms with Crippen LogP contribution in [0.25, 0.3) is 11.1 Å². The van der Waals surface area contributed by atoms with E-state index in [1.807, 2.05) is 13.0 Å². The van der Waals surface area contributed by atoms with Crippen molar-refractivity contribution in [3.63, 3.8) is 0 Å². The molecule has 3 aromatic rings. The van der Waals surface area contributed by atoms with Gasteiger partial charge in [0.1, 0.15) is 5.75 Å². The number of rotatable bonds is 7. The molecule has 2 aromatic carbocycles. The van der Waals surface area contributed by atoms with Gasteiger partial charge in [0.15, 0.2) is 6.61 Å². The molecule has 0 saturated carbocycles. The van der Waals surface area contributed by atoms with E-state index in [2.05, 4.69) is 27.8 Å². The van der Waals surface area contributed by atoms with Crippen LogP contribution < -0.4 is 15.4 Å². The number of ether oxygens (including phenoxy) is 1. The molecule has 4 rings (SSSR count). The molecule has 0 spiro atoms. The van der Waals surface area contributed by atoms with Crippen molar-refractivity contribution >= 4 is 11.7 Å². The number of nitrogens with zero attached hydrogens (tertiary/aromatic N) is 1. The van der Waals surface area contributed by atoms with Crippen LogP contribution in [0.5, 0.6) is 5.75 Å². The normalized spacial score (nSPS) is 15.7. The van der Waals surface area contributed by atoms with Crippen LogP contribution in [0, 0.1) is 6.92 Å². The summed E-state index contributed by atoms with van der Waals surface area (Å²) in [6, 6.07) is 12.6. The molecule has 1 aliphatic rings. The molecule has 1 aromatic heterocycles. The smallest absolute Gasteiger partial charge is 0.422 e. The van der Waals surface area contributed by atoms with Crippen LogP contribution >= 0.6 is 0 Å². The molecule has 3 N–H and O–H groups in total. The fourth-order valence-electron chi connectivity index (χ4n) is 4.33. The second-order valence-electron chi connectivity index (χ2n) is 8.51. The number of fused-ring (bicyclic) bond motifs is 1. The van der Waals surface area contributed by atoms with E-state index in [0.29, 0.717) is 12.2 Å². The zero-order chi connectivity index (χ0) is 25.0. The van der Waals surface area contributed by atoms with Gasteiger partial charge in [-0.25, -0.2) is 4.79 Å². The highest BCUT2D eigenvalue weighted by atomic mass is 19.4. The average molecular weight is 486 g/mol. The number of nitrogens with one attached hydrogen (secondary N) is 2. The quantitative estimate of drug-likeness (QED) is 0.417. The van der Waals surface area contributed by atoms with Crippen LogP contribution in [0.2, 0.25) is 0 Å². The highest BCUT2D eigenvalue weighted by Crippen LogP contribution is 2.32. The number of carboxylic acid groups (broad SMARTS) is 1. The number of hydrogen-bond donors (Lipinski definition) is 3. The molecule has 184 valence electrons. The number of hydrogen-bond acceptors (Lipinski definition) is 5. The monoisotopic (exact) mass is 485 g/mol. The van der Waals surface area contributed by atoms with Gasteiger partial charge in [0.05, 0.1) is 17.4 Å². The molecular weight excluding hydrogens is 459 g/mol. The second-order valence-corrected chi connectivity index (χ2v) is 8.51. The zero-order valence-electron chi connectivity index (χ0n) is 19.2. The summed E-state index contributed by atoms with van der Waals surface area (Å²) in [5, 5.41) is 16.1. The second kappa shape index (κ2) is 10.4. The molecule has 0 bridgehead atoms. The van der Waals surface area contributed by atoms with Gasteiger partial charge in [-0.2, -0.15) is 13.2 Å². The Bertz CT molecular complexity index is 1210. The highest BCUT2D eigenvalue weighted by molar-refractivity contribution is 5.93. The summed E-state index contributed by atoms with van der Waals surface area (Å²) in [4.78, 5) is 15.5. The number of aromatic nitrogens is 1. The van der Waals surface area contributed by atoms with Gasteiger partial charge in [-0.05, 0) is 72.3 Å². The molecule has 0 fully saturated rings. The van der Waals surface area contributed by atoms with Gasteiger partial charge < -0.3 is 20.5 Å². The summed E-state index contributed by atoms with van der Waals surface area (Å²) in [5.41, 5.74) is 5.68. The van der Waals surface area contributed by atoms with Crippen molar-refractivity contribution in [2.24, 2.45) is 0 Å². The topological polar surface area (TPSA) is 83.5 Å². The average Bonchev–Trinajstić information content (AvgIpc) is 3.02. The molecular formula is C26H26F3N3O3. The first-order valence-electron chi connectivity index (χ1n) is 11.3. The first kappa shape index (κ1) is 24.5. The number of benzene rings is 2. The Labute approximate surface area is 201 Å². The number of aryl methyl sites for hydroxylation is 2. The molecule has 9 heteroatoms. The Hall–Kier alpha value is -3.59. The van der Waals surface area contributed by atoms with Gasteiger partial charge in [-0.3, -0.25) is 4.98 Å². The van der Waals surface area contributed by atoms with Crippen LogP contribution in [0.4, 0.5) is 18.9 Å². The minimum Gasteiger partial charge on any atom is -0.484 e. The van der Waals surface area contributed by atoms with Gasteiger partial charge in [-0.15, -0.1) is 0 Å². The third-order valence-electron chi connectivity index (χ3n) is 5.99. The largest absolute Gasteiger partial charge is 0.484 e. The fourth-order valence-corrected chi connectivity index (χ4v) is 4.33. The van der Waals surface area contributed by atoms with Crippen LogP contribution in [0.1, 0.15) is 39.5 Å². The van der Waals surface area contributed by atoms with Crippen molar-refractivity contribution in [3.05, 3.63) is 77.1 Å². The van der Waals surface area contributed by atoms with Gasteiger partial charge in [0, 0.05) is 18.8 Å². The Morgan fingerprint density at radius 1 is 1.23 bits per heavy atom. The number of halogens is 3. The molecule has 1 atom stereocenters. The van der Waals surface area contributed by atoms with Crippen molar-refractivity contribution in [1.29, 1.82) is 0 Å². The molecule has 6 nitrogen and oxygen atoms in total.